The third kappa shape index (κ3) is 4.91. The van der Waals surface area contributed by atoms with E-state index in [1.54, 1.807) is 0 Å². The zero-order valence-electron chi connectivity index (χ0n) is 15.4. The molecule has 0 aliphatic heterocycles. The first-order valence-electron chi connectivity index (χ1n) is 8.67. The van der Waals surface area contributed by atoms with Crippen LogP contribution in [-0.4, -0.2) is 21.9 Å². The predicted octanol–water partition coefficient (Wildman–Crippen LogP) is 3.60. The average molecular weight is 387 g/mol. The highest BCUT2D eigenvalue weighted by Gasteiger charge is 2.16. The second-order valence-corrected chi connectivity index (χ2v) is 6.32. The molecule has 0 saturated heterocycles. The number of amides is 1. The molecule has 0 aliphatic carbocycles. The molecule has 6 nitrogen and oxygen atoms in total. The minimum absolute atomic E-state index is 0.0711. The molecule has 28 heavy (non-hydrogen) atoms. The lowest BCUT2D eigenvalue weighted by Gasteiger charge is -2.12. The number of oxazole rings is 1. The molecule has 1 atom stereocenters. The number of ether oxygens (including phenoxy) is 1. The van der Waals surface area contributed by atoms with Gasteiger partial charge in [0.2, 0.25) is 11.7 Å². The van der Waals surface area contributed by atoms with Crippen LogP contribution in [0.2, 0.25) is 0 Å². The minimum Gasteiger partial charge on any atom is -0.481 e. The summed E-state index contributed by atoms with van der Waals surface area (Å²) in [6.07, 6.45) is 1.76. The number of nitrogens with one attached hydrogen (secondary N) is 1. The van der Waals surface area contributed by atoms with Crippen LogP contribution >= 0.6 is 0 Å². The monoisotopic (exact) mass is 387 g/mol. The summed E-state index contributed by atoms with van der Waals surface area (Å²) in [5.74, 6) is -2.70. The molecule has 0 saturated carbocycles. The van der Waals surface area contributed by atoms with E-state index in [0.717, 1.165) is 17.5 Å². The van der Waals surface area contributed by atoms with Crippen molar-refractivity contribution in [3.63, 3.8) is 0 Å². The molecule has 0 spiro atoms. The van der Waals surface area contributed by atoms with Gasteiger partial charge in [0.1, 0.15) is 6.26 Å². The minimum atomic E-state index is -1.09. The summed E-state index contributed by atoms with van der Waals surface area (Å²) in [5.41, 5.74) is 1.86. The molecule has 0 fully saturated rings. The van der Waals surface area contributed by atoms with Crippen LogP contribution in [0.4, 0.5) is 8.78 Å². The summed E-state index contributed by atoms with van der Waals surface area (Å²) < 4.78 is 37.1. The number of aryl methyl sites for hydroxylation is 1. The number of nitrogens with zero attached hydrogens (tertiary/aromatic N) is 2. The van der Waals surface area contributed by atoms with Gasteiger partial charge < -0.3 is 14.5 Å². The van der Waals surface area contributed by atoms with Gasteiger partial charge in [-0.15, -0.1) is 0 Å². The first-order valence-corrected chi connectivity index (χ1v) is 8.67. The third-order valence-corrected chi connectivity index (χ3v) is 3.89. The summed E-state index contributed by atoms with van der Waals surface area (Å²) in [7, 11) is 0. The Hall–Kier alpha value is -3.29. The fourth-order valence-corrected chi connectivity index (χ4v) is 2.59. The summed E-state index contributed by atoms with van der Waals surface area (Å²) in [4.78, 5) is 20.7. The second kappa shape index (κ2) is 8.60. The van der Waals surface area contributed by atoms with E-state index in [1.807, 2.05) is 32.0 Å². The zero-order chi connectivity index (χ0) is 20.1. The van der Waals surface area contributed by atoms with E-state index in [0.29, 0.717) is 6.42 Å². The van der Waals surface area contributed by atoms with Crippen LogP contribution in [0.3, 0.4) is 0 Å². The molecule has 1 unspecified atom stereocenters. The van der Waals surface area contributed by atoms with Crippen LogP contribution in [0.1, 0.15) is 34.7 Å². The van der Waals surface area contributed by atoms with Gasteiger partial charge in [-0.1, -0.05) is 12.1 Å². The second-order valence-electron chi connectivity index (χ2n) is 6.32. The Labute approximate surface area is 160 Å². The topological polar surface area (TPSA) is 77.2 Å². The standard InChI is InChI=1S/C20H19F2N3O3/c1-12-5-3-6-14(23-12)9-13(2)24-20(26)16-10-28-18(25-16)11-27-17-8-4-7-15(21)19(17)22/h3-8,10,13H,9,11H2,1-2H3,(H,24,26). The van der Waals surface area contributed by atoms with Gasteiger partial charge in [-0.2, -0.15) is 4.39 Å². The Morgan fingerprint density at radius 1 is 1.21 bits per heavy atom. The number of hydrogen-bond donors (Lipinski definition) is 1. The summed E-state index contributed by atoms with van der Waals surface area (Å²) >= 11 is 0. The Kier molecular flexibility index (Phi) is 5.98. The van der Waals surface area contributed by atoms with Crippen LogP contribution in [0.25, 0.3) is 0 Å². The van der Waals surface area contributed by atoms with Gasteiger partial charge in [0.15, 0.2) is 23.9 Å². The fourth-order valence-electron chi connectivity index (χ4n) is 2.59. The molecule has 2 heterocycles. The number of rotatable bonds is 7. The third-order valence-electron chi connectivity index (χ3n) is 3.89. The summed E-state index contributed by atoms with van der Waals surface area (Å²) in [5, 5.41) is 2.82. The van der Waals surface area contributed by atoms with E-state index in [4.69, 9.17) is 9.15 Å². The van der Waals surface area contributed by atoms with E-state index < -0.39 is 17.5 Å². The largest absolute Gasteiger partial charge is 0.481 e. The quantitative estimate of drug-likeness (QED) is 0.670. The van der Waals surface area contributed by atoms with E-state index in [-0.39, 0.29) is 30.0 Å². The van der Waals surface area contributed by atoms with Gasteiger partial charge in [-0.3, -0.25) is 9.78 Å². The van der Waals surface area contributed by atoms with Crippen LogP contribution < -0.4 is 10.1 Å². The van der Waals surface area contributed by atoms with Gasteiger partial charge >= 0.3 is 0 Å². The van der Waals surface area contributed by atoms with E-state index in [1.165, 1.54) is 18.4 Å². The maximum absolute atomic E-state index is 13.6. The Morgan fingerprint density at radius 2 is 2.00 bits per heavy atom. The van der Waals surface area contributed by atoms with Gasteiger partial charge in [0, 0.05) is 23.9 Å². The maximum Gasteiger partial charge on any atom is 0.273 e. The number of carbonyl (C=O) groups excluding carboxylic acids is 1. The van der Waals surface area contributed by atoms with Crippen molar-refractivity contribution < 1.29 is 22.7 Å². The van der Waals surface area contributed by atoms with Crippen molar-refractivity contribution in [2.45, 2.75) is 32.9 Å². The molecule has 0 bridgehead atoms. The SMILES string of the molecule is Cc1cccc(CC(C)NC(=O)c2coc(COc3cccc(F)c3F)n2)n1. The first-order chi connectivity index (χ1) is 13.4. The highest BCUT2D eigenvalue weighted by Crippen LogP contribution is 2.20. The first kappa shape index (κ1) is 19.5. The van der Waals surface area contributed by atoms with Gasteiger partial charge in [0.25, 0.3) is 5.91 Å². The lowest BCUT2D eigenvalue weighted by atomic mass is 10.1. The van der Waals surface area contributed by atoms with Gasteiger partial charge in [0.05, 0.1) is 0 Å². The molecule has 146 valence electrons. The number of carbonyl (C=O) groups is 1. The molecule has 0 aliphatic rings. The van der Waals surface area contributed by atoms with Crippen molar-refractivity contribution in [2.24, 2.45) is 0 Å². The lowest BCUT2D eigenvalue weighted by molar-refractivity contribution is 0.0935. The molecule has 0 radical (unpaired) electrons. The smallest absolute Gasteiger partial charge is 0.273 e. The van der Waals surface area contributed by atoms with Crippen molar-refractivity contribution in [3.05, 3.63) is 77.3 Å². The highest BCUT2D eigenvalue weighted by atomic mass is 19.2. The van der Waals surface area contributed by atoms with Crippen molar-refractivity contribution in [1.82, 2.24) is 15.3 Å². The fraction of sp³-hybridized carbons (Fsp3) is 0.250. The van der Waals surface area contributed by atoms with E-state index in [2.05, 4.69) is 15.3 Å². The number of benzene rings is 1. The maximum atomic E-state index is 13.6. The number of hydrogen-bond acceptors (Lipinski definition) is 5. The van der Waals surface area contributed by atoms with Crippen molar-refractivity contribution in [2.75, 3.05) is 0 Å². The molecule has 8 heteroatoms. The molecule has 1 N–H and O–H groups in total. The molecular weight excluding hydrogens is 368 g/mol. The average Bonchev–Trinajstić information content (AvgIpc) is 3.12. The van der Waals surface area contributed by atoms with Crippen molar-refractivity contribution in [3.8, 4) is 5.75 Å². The van der Waals surface area contributed by atoms with Gasteiger partial charge in [-0.05, 0) is 38.1 Å². The number of pyridine rings is 1. The highest BCUT2D eigenvalue weighted by molar-refractivity contribution is 5.92. The normalized spacial score (nSPS) is 11.9. The Morgan fingerprint density at radius 3 is 2.79 bits per heavy atom. The van der Waals surface area contributed by atoms with E-state index in [9.17, 15) is 13.6 Å². The molecule has 3 aromatic rings. The number of aromatic nitrogens is 2. The number of halogens is 2. The van der Waals surface area contributed by atoms with E-state index >= 15 is 0 Å². The Balaban J connectivity index is 1.55. The molecule has 1 aromatic carbocycles. The van der Waals surface area contributed by atoms with Crippen molar-refractivity contribution >= 4 is 5.91 Å². The lowest BCUT2D eigenvalue weighted by Crippen LogP contribution is -2.34. The Bertz CT molecular complexity index is 975. The molecular formula is C20H19F2N3O3. The van der Waals surface area contributed by atoms with Crippen LogP contribution in [0.5, 0.6) is 5.75 Å². The van der Waals surface area contributed by atoms with Gasteiger partial charge in [-0.25, -0.2) is 9.37 Å². The molecule has 2 aromatic heterocycles. The van der Waals surface area contributed by atoms with Crippen LogP contribution in [0, 0.1) is 18.6 Å². The van der Waals surface area contributed by atoms with Crippen LogP contribution in [0.15, 0.2) is 47.1 Å². The predicted molar refractivity (Wildman–Crippen MR) is 96.8 cm³/mol. The summed E-state index contributed by atoms with van der Waals surface area (Å²) in [6.45, 7) is 3.52. The van der Waals surface area contributed by atoms with Crippen molar-refractivity contribution in [1.29, 1.82) is 0 Å². The van der Waals surface area contributed by atoms with Crippen LogP contribution in [-0.2, 0) is 13.0 Å². The molecule has 3 rings (SSSR count). The zero-order valence-corrected chi connectivity index (χ0v) is 15.4. The summed E-state index contributed by atoms with van der Waals surface area (Å²) in [6, 6.07) is 9.15. The molecule has 1 amide bonds.